The van der Waals surface area contributed by atoms with Crippen LogP contribution in [0.2, 0.25) is 0 Å². The van der Waals surface area contributed by atoms with E-state index in [0.717, 1.165) is 12.8 Å². The summed E-state index contributed by atoms with van der Waals surface area (Å²) in [6, 6.07) is 0. The molecule has 0 unspecified atom stereocenters. The molecule has 1 heterocycles. The molecule has 3 fully saturated rings. The summed E-state index contributed by atoms with van der Waals surface area (Å²) < 4.78 is 30.5. The molecule has 0 aromatic carbocycles. The summed E-state index contributed by atoms with van der Waals surface area (Å²) in [5.74, 6) is 0.623. The lowest BCUT2D eigenvalue weighted by molar-refractivity contribution is 0.00388. The molecule has 3 rings (SSSR count). The summed E-state index contributed by atoms with van der Waals surface area (Å²) in [5, 5.41) is 0. The van der Waals surface area contributed by atoms with Gasteiger partial charge in [-0.2, -0.15) is 13.1 Å². The zero-order valence-corrected chi connectivity index (χ0v) is 9.93. The van der Waals surface area contributed by atoms with Crippen LogP contribution in [0.15, 0.2) is 0 Å². The molecule has 1 aliphatic heterocycles. The van der Waals surface area contributed by atoms with Crippen molar-refractivity contribution in [3.8, 4) is 0 Å². The molecule has 4 nitrogen and oxygen atoms in total. The Morgan fingerprint density at radius 2 is 2.13 bits per heavy atom. The first-order valence-corrected chi connectivity index (χ1v) is 6.96. The van der Waals surface area contributed by atoms with Crippen molar-refractivity contribution >= 4 is 10.3 Å². The van der Waals surface area contributed by atoms with Gasteiger partial charge in [-0.05, 0) is 30.6 Å². The van der Waals surface area contributed by atoms with E-state index in [1.54, 1.807) is 0 Å². The Morgan fingerprint density at radius 1 is 1.40 bits per heavy atom. The molecule has 0 amide bonds. The van der Waals surface area contributed by atoms with E-state index in [0.29, 0.717) is 12.5 Å². The van der Waals surface area contributed by atoms with Crippen LogP contribution in [0.5, 0.6) is 0 Å². The quantitative estimate of drug-likeness (QED) is 0.678. The van der Waals surface area contributed by atoms with Crippen LogP contribution in [-0.2, 0) is 14.5 Å². The monoisotopic (exact) mass is 231 g/mol. The van der Waals surface area contributed by atoms with Gasteiger partial charge in [0.15, 0.2) is 0 Å². The number of rotatable bonds is 0. The summed E-state index contributed by atoms with van der Waals surface area (Å²) in [7, 11) is -3.46. The maximum Gasteiger partial charge on any atom is 0.336 e. The highest BCUT2D eigenvalue weighted by Gasteiger charge is 2.66. The highest BCUT2D eigenvalue weighted by Crippen LogP contribution is 2.67. The van der Waals surface area contributed by atoms with Gasteiger partial charge in [-0.1, -0.05) is 13.8 Å². The van der Waals surface area contributed by atoms with Gasteiger partial charge in [-0.3, -0.25) is 4.18 Å². The van der Waals surface area contributed by atoms with E-state index in [-0.39, 0.29) is 16.9 Å². The van der Waals surface area contributed by atoms with Crippen molar-refractivity contribution in [2.45, 2.75) is 39.2 Å². The van der Waals surface area contributed by atoms with Crippen LogP contribution in [-0.4, -0.2) is 21.1 Å². The summed E-state index contributed by atoms with van der Waals surface area (Å²) in [6.07, 6.45) is 3.14. The van der Waals surface area contributed by atoms with E-state index in [9.17, 15) is 8.42 Å². The first-order valence-electron chi connectivity index (χ1n) is 5.55. The summed E-state index contributed by atoms with van der Waals surface area (Å²) in [6.45, 7) is 5.07. The molecule has 3 atom stereocenters. The Kier molecular flexibility index (Phi) is 1.73. The molecule has 1 spiro atoms. The van der Waals surface area contributed by atoms with Crippen molar-refractivity contribution in [1.82, 2.24) is 4.72 Å². The van der Waals surface area contributed by atoms with Gasteiger partial charge in [0.1, 0.15) is 0 Å². The van der Waals surface area contributed by atoms with E-state index in [1.165, 1.54) is 6.42 Å². The lowest BCUT2D eigenvalue weighted by Gasteiger charge is -2.44. The van der Waals surface area contributed by atoms with E-state index < -0.39 is 10.3 Å². The minimum atomic E-state index is -3.46. The number of fused-ring (bicyclic) bond motifs is 1. The van der Waals surface area contributed by atoms with Crippen LogP contribution in [0.3, 0.4) is 0 Å². The summed E-state index contributed by atoms with van der Waals surface area (Å²) >= 11 is 0. The number of hydrogen-bond acceptors (Lipinski definition) is 3. The lowest BCUT2D eigenvalue weighted by atomic mass is 9.68. The molecule has 0 aromatic heterocycles. The van der Waals surface area contributed by atoms with Crippen LogP contribution in [0.1, 0.15) is 33.1 Å². The molecule has 86 valence electrons. The molecule has 0 radical (unpaired) electrons. The first kappa shape index (κ1) is 10.1. The average Bonchev–Trinajstić information content (AvgIpc) is 2.48. The highest BCUT2D eigenvalue weighted by molar-refractivity contribution is 7.84. The second kappa shape index (κ2) is 2.57. The Bertz CT molecular complexity index is 403. The van der Waals surface area contributed by atoms with Gasteiger partial charge in [0.05, 0.1) is 6.10 Å². The average molecular weight is 231 g/mol. The molecule has 0 aromatic rings. The fourth-order valence-electron chi connectivity index (χ4n) is 3.96. The fraction of sp³-hybridized carbons (Fsp3) is 1.00. The smallest absolute Gasteiger partial charge is 0.254 e. The van der Waals surface area contributed by atoms with Crippen LogP contribution in [0.25, 0.3) is 0 Å². The van der Waals surface area contributed by atoms with Crippen molar-refractivity contribution in [1.29, 1.82) is 0 Å². The van der Waals surface area contributed by atoms with Gasteiger partial charge in [0, 0.05) is 12.0 Å². The Hall–Kier alpha value is -0.130. The third-order valence-electron chi connectivity index (χ3n) is 5.16. The normalized spacial score (nSPS) is 50.3. The van der Waals surface area contributed by atoms with E-state index >= 15 is 0 Å². The van der Waals surface area contributed by atoms with Crippen molar-refractivity contribution < 1.29 is 12.6 Å². The third-order valence-corrected chi connectivity index (χ3v) is 6.15. The standard InChI is InChI=1S/C10H17NO3S/c1-9(2)7-3-4-10(9)6-11-15(12,13)14-8(10)5-7/h7-8,11H,3-6H2,1-2H3/t7-,8+,10-/m0/s1. The maximum atomic E-state index is 11.3. The van der Waals surface area contributed by atoms with Gasteiger partial charge in [0.25, 0.3) is 0 Å². The second-order valence-electron chi connectivity index (χ2n) is 5.71. The summed E-state index contributed by atoms with van der Waals surface area (Å²) in [5.41, 5.74) is 0.254. The predicted octanol–water partition coefficient (Wildman–Crippen LogP) is 1.05. The van der Waals surface area contributed by atoms with Crippen LogP contribution in [0, 0.1) is 16.7 Å². The zero-order chi connectivity index (χ0) is 10.9. The molecule has 15 heavy (non-hydrogen) atoms. The van der Waals surface area contributed by atoms with Gasteiger partial charge in [0.2, 0.25) is 0 Å². The van der Waals surface area contributed by atoms with Crippen molar-refractivity contribution in [2.75, 3.05) is 6.54 Å². The van der Waals surface area contributed by atoms with E-state index in [1.807, 2.05) is 0 Å². The van der Waals surface area contributed by atoms with E-state index in [2.05, 4.69) is 18.6 Å². The predicted molar refractivity (Wildman–Crippen MR) is 55.4 cm³/mol. The third kappa shape index (κ3) is 1.06. The van der Waals surface area contributed by atoms with Crippen LogP contribution < -0.4 is 4.72 Å². The largest absolute Gasteiger partial charge is 0.336 e. The number of hydrogen-bond donors (Lipinski definition) is 1. The highest BCUT2D eigenvalue weighted by atomic mass is 32.2. The molecule has 2 aliphatic carbocycles. The molecule has 2 saturated carbocycles. The minimum absolute atomic E-state index is 0.0446. The van der Waals surface area contributed by atoms with Crippen LogP contribution >= 0.6 is 0 Å². The molecule has 3 aliphatic rings. The SMILES string of the molecule is CC1(C)[C@H]2CC[C@@]13CNS(=O)(=O)O[C@@H]3C2. The van der Waals surface area contributed by atoms with Crippen molar-refractivity contribution in [3.63, 3.8) is 0 Å². The van der Waals surface area contributed by atoms with Crippen molar-refractivity contribution in [3.05, 3.63) is 0 Å². The minimum Gasteiger partial charge on any atom is -0.254 e. The molecule has 1 saturated heterocycles. The Labute approximate surface area is 90.6 Å². The topological polar surface area (TPSA) is 55.4 Å². The number of nitrogens with one attached hydrogen (secondary N) is 1. The fourth-order valence-corrected chi connectivity index (χ4v) is 5.03. The van der Waals surface area contributed by atoms with Gasteiger partial charge >= 0.3 is 10.3 Å². The van der Waals surface area contributed by atoms with Gasteiger partial charge in [-0.25, -0.2) is 0 Å². The lowest BCUT2D eigenvalue weighted by Crippen LogP contribution is -2.55. The molecule has 5 heteroatoms. The Morgan fingerprint density at radius 3 is 2.80 bits per heavy atom. The molecular formula is C10H17NO3S. The molecule has 2 bridgehead atoms. The molecule has 1 N–H and O–H groups in total. The first-order chi connectivity index (χ1) is 6.87. The summed E-state index contributed by atoms with van der Waals surface area (Å²) in [4.78, 5) is 0. The second-order valence-corrected chi connectivity index (χ2v) is 7.10. The maximum absolute atomic E-state index is 11.3. The van der Waals surface area contributed by atoms with Crippen LogP contribution in [0.4, 0.5) is 0 Å². The van der Waals surface area contributed by atoms with E-state index in [4.69, 9.17) is 4.18 Å². The molecular weight excluding hydrogens is 214 g/mol. The van der Waals surface area contributed by atoms with Crippen molar-refractivity contribution in [2.24, 2.45) is 16.7 Å². The Balaban J connectivity index is 2.03. The van der Waals surface area contributed by atoms with Gasteiger partial charge < -0.3 is 0 Å². The van der Waals surface area contributed by atoms with Gasteiger partial charge in [-0.15, -0.1) is 0 Å². The zero-order valence-electron chi connectivity index (χ0n) is 9.12.